The minimum Gasteiger partial charge on any atom is -0.385 e. The van der Waals surface area contributed by atoms with Gasteiger partial charge in [0.25, 0.3) is 11.8 Å². The van der Waals surface area contributed by atoms with E-state index in [2.05, 4.69) is 10.2 Å². The van der Waals surface area contributed by atoms with Gasteiger partial charge in [0.05, 0.1) is 0 Å². The second-order valence-electron chi connectivity index (χ2n) is 3.90. The SMILES string of the molecule is CC(N=NC(C)(C(=N)N)C(N)=O)(C(=N)N)C(N)=O. The molecule has 10 nitrogen and oxygen atoms in total. The molecule has 0 heterocycles. The van der Waals surface area contributed by atoms with E-state index < -0.39 is 34.6 Å². The molecule has 0 aliphatic rings. The molecule has 0 rings (SSSR count). The summed E-state index contributed by atoms with van der Waals surface area (Å²) in [6.07, 6.45) is 0. The van der Waals surface area contributed by atoms with Crippen molar-refractivity contribution in [2.45, 2.75) is 24.9 Å². The third-order valence-electron chi connectivity index (χ3n) is 2.46. The maximum Gasteiger partial charge on any atom is 0.254 e. The fraction of sp³-hybridized carbons (Fsp3) is 0.500. The zero-order chi connectivity index (χ0) is 14.7. The van der Waals surface area contributed by atoms with Crippen molar-refractivity contribution in [3.05, 3.63) is 0 Å². The molecule has 10 N–H and O–H groups in total. The first-order valence-corrected chi connectivity index (χ1v) is 4.71. The van der Waals surface area contributed by atoms with Crippen molar-refractivity contribution in [2.75, 3.05) is 0 Å². The Hall–Kier alpha value is -2.52. The molecule has 0 radical (unpaired) electrons. The van der Waals surface area contributed by atoms with Crippen molar-refractivity contribution in [3.63, 3.8) is 0 Å². The van der Waals surface area contributed by atoms with Crippen LogP contribution in [-0.4, -0.2) is 34.6 Å². The largest absolute Gasteiger partial charge is 0.385 e. The highest BCUT2D eigenvalue weighted by Crippen LogP contribution is 2.16. The van der Waals surface area contributed by atoms with Crippen LogP contribution < -0.4 is 22.9 Å². The van der Waals surface area contributed by atoms with Gasteiger partial charge in [-0.15, -0.1) is 0 Å². The second-order valence-corrected chi connectivity index (χ2v) is 3.90. The lowest BCUT2D eigenvalue weighted by Gasteiger charge is -2.22. The van der Waals surface area contributed by atoms with E-state index in [9.17, 15) is 9.59 Å². The summed E-state index contributed by atoms with van der Waals surface area (Å²) < 4.78 is 0. The molecule has 0 aliphatic heterocycles. The molecular weight excluding hydrogens is 240 g/mol. The monoisotopic (exact) mass is 256 g/mol. The normalized spacial score (nSPS) is 17.7. The first-order chi connectivity index (χ1) is 7.98. The molecule has 0 aromatic carbocycles. The van der Waals surface area contributed by atoms with Crippen LogP contribution in [0.2, 0.25) is 0 Å². The van der Waals surface area contributed by atoms with Gasteiger partial charge in [0.15, 0.2) is 0 Å². The summed E-state index contributed by atoms with van der Waals surface area (Å²) >= 11 is 0. The first-order valence-electron chi connectivity index (χ1n) is 4.71. The van der Waals surface area contributed by atoms with Gasteiger partial charge in [-0.3, -0.25) is 20.4 Å². The van der Waals surface area contributed by atoms with Crippen molar-refractivity contribution in [3.8, 4) is 0 Å². The number of nitrogens with one attached hydrogen (secondary N) is 2. The van der Waals surface area contributed by atoms with Gasteiger partial charge in [-0.2, -0.15) is 10.2 Å². The number of nitrogens with zero attached hydrogens (tertiary/aromatic N) is 2. The Kier molecular flexibility index (Phi) is 4.10. The predicted molar refractivity (Wildman–Crippen MR) is 63.9 cm³/mol. The molecule has 18 heavy (non-hydrogen) atoms. The molecule has 0 saturated heterocycles. The summed E-state index contributed by atoms with van der Waals surface area (Å²) in [7, 11) is 0. The summed E-state index contributed by atoms with van der Waals surface area (Å²) in [5.74, 6) is -3.38. The Morgan fingerprint density at radius 2 is 1.06 bits per heavy atom. The number of hydrogen-bond acceptors (Lipinski definition) is 6. The minimum atomic E-state index is -1.92. The van der Waals surface area contributed by atoms with E-state index >= 15 is 0 Å². The number of azo groups is 1. The predicted octanol–water partition coefficient (Wildman–Crippen LogP) is -2.20. The maximum atomic E-state index is 11.2. The van der Waals surface area contributed by atoms with Gasteiger partial charge in [-0.05, 0) is 13.8 Å². The molecule has 0 bridgehead atoms. The summed E-state index contributed by atoms with van der Waals surface area (Å²) in [6, 6.07) is 0. The standard InChI is InChI=1S/C8H16N8O2/c1-7(3(9)10,5(13)17)15-16-8(2,4(11)12)6(14)18/h1-2H3,(H3,9,10)(H3,11,12)(H2,13,17)(H2,14,18). The van der Waals surface area contributed by atoms with E-state index in [0.717, 1.165) is 13.8 Å². The summed E-state index contributed by atoms with van der Waals surface area (Å²) in [6.45, 7) is 2.28. The highest BCUT2D eigenvalue weighted by atomic mass is 16.2. The van der Waals surface area contributed by atoms with Crippen molar-refractivity contribution < 1.29 is 9.59 Å². The van der Waals surface area contributed by atoms with E-state index in [4.69, 9.17) is 33.8 Å². The summed E-state index contributed by atoms with van der Waals surface area (Å²) in [5, 5.41) is 21.3. The minimum absolute atomic E-state index is 0.658. The third kappa shape index (κ3) is 2.59. The topological polar surface area (TPSA) is 211 Å². The lowest BCUT2D eigenvalue weighted by molar-refractivity contribution is -0.122. The van der Waals surface area contributed by atoms with Crippen molar-refractivity contribution in [1.82, 2.24) is 0 Å². The molecule has 2 amide bonds. The molecule has 0 fully saturated rings. The Morgan fingerprint density at radius 3 is 1.17 bits per heavy atom. The van der Waals surface area contributed by atoms with Crippen LogP contribution in [-0.2, 0) is 9.59 Å². The van der Waals surface area contributed by atoms with E-state index in [-0.39, 0.29) is 0 Å². The van der Waals surface area contributed by atoms with Crippen LogP contribution in [0.4, 0.5) is 0 Å². The highest BCUT2D eigenvalue weighted by molar-refractivity contribution is 6.10. The number of nitrogens with two attached hydrogens (primary N) is 4. The lowest BCUT2D eigenvalue weighted by atomic mass is 10.0. The number of carbonyl (C=O) groups excluding carboxylic acids is 2. The summed E-state index contributed by atoms with van der Waals surface area (Å²) in [5.41, 5.74) is 16.6. The number of hydrogen-bond donors (Lipinski definition) is 6. The second kappa shape index (κ2) is 4.77. The van der Waals surface area contributed by atoms with Crippen molar-refractivity contribution >= 4 is 23.5 Å². The van der Waals surface area contributed by atoms with Crippen molar-refractivity contribution in [1.29, 1.82) is 10.8 Å². The van der Waals surface area contributed by atoms with Crippen LogP contribution >= 0.6 is 0 Å². The molecule has 100 valence electrons. The number of carbonyl (C=O) groups is 2. The van der Waals surface area contributed by atoms with E-state index in [1.54, 1.807) is 0 Å². The first kappa shape index (κ1) is 15.5. The van der Waals surface area contributed by atoms with Crippen LogP contribution in [0, 0.1) is 10.8 Å². The van der Waals surface area contributed by atoms with Crippen LogP contribution in [0.3, 0.4) is 0 Å². The number of rotatable bonds is 6. The molecule has 0 aromatic heterocycles. The van der Waals surface area contributed by atoms with Crippen LogP contribution in [0.15, 0.2) is 10.2 Å². The quantitative estimate of drug-likeness (QED) is 0.177. The molecule has 10 heteroatoms. The summed E-state index contributed by atoms with van der Waals surface area (Å²) in [4.78, 5) is 22.3. The van der Waals surface area contributed by atoms with E-state index in [1.165, 1.54) is 0 Å². The lowest BCUT2D eigenvalue weighted by Crippen LogP contribution is -2.52. The fourth-order valence-corrected chi connectivity index (χ4v) is 0.672. The average Bonchev–Trinajstić information content (AvgIpc) is 2.23. The smallest absolute Gasteiger partial charge is 0.254 e. The maximum absolute atomic E-state index is 11.2. The van der Waals surface area contributed by atoms with E-state index in [0.29, 0.717) is 0 Å². The zero-order valence-electron chi connectivity index (χ0n) is 10.0. The third-order valence-corrected chi connectivity index (χ3v) is 2.46. The van der Waals surface area contributed by atoms with Gasteiger partial charge < -0.3 is 22.9 Å². The molecule has 0 saturated carbocycles. The van der Waals surface area contributed by atoms with Gasteiger partial charge >= 0.3 is 0 Å². The van der Waals surface area contributed by atoms with Gasteiger partial charge in [0.2, 0.25) is 11.1 Å². The van der Waals surface area contributed by atoms with E-state index in [1.807, 2.05) is 0 Å². The Labute approximate surface area is 103 Å². The molecule has 2 atom stereocenters. The van der Waals surface area contributed by atoms with Gasteiger partial charge in [-0.1, -0.05) is 0 Å². The van der Waals surface area contributed by atoms with Gasteiger partial charge in [-0.25, -0.2) is 0 Å². The zero-order valence-corrected chi connectivity index (χ0v) is 10.0. The molecular formula is C8H16N8O2. The highest BCUT2D eigenvalue weighted by Gasteiger charge is 2.40. The Morgan fingerprint density at radius 1 is 0.833 bits per heavy atom. The van der Waals surface area contributed by atoms with Crippen LogP contribution in [0.5, 0.6) is 0 Å². The Bertz CT molecular complexity index is 372. The van der Waals surface area contributed by atoms with Gasteiger partial charge in [0, 0.05) is 0 Å². The molecule has 0 aromatic rings. The number of primary amides is 2. The number of amidine groups is 2. The molecule has 2 unspecified atom stereocenters. The number of amides is 2. The molecule has 0 aliphatic carbocycles. The Balaban J connectivity index is 5.60. The van der Waals surface area contributed by atoms with Gasteiger partial charge in [0.1, 0.15) is 11.7 Å². The van der Waals surface area contributed by atoms with Crippen LogP contribution in [0.1, 0.15) is 13.8 Å². The molecule has 0 spiro atoms. The van der Waals surface area contributed by atoms with Crippen LogP contribution in [0.25, 0.3) is 0 Å². The fourth-order valence-electron chi connectivity index (χ4n) is 0.672. The van der Waals surface area contributed by atoms with Crippen molar-refractivity contribution in [2.24, 2.45) is 33.2 Å². The average molecular weight is 256 g/mol.